The minimum atomic E-state index is -0.0700. The molecule has 3 aromatic rings. The molecule has 0 saturated carbocycles. The van der Waals surface area contributed by atoms with Crippen LogP contribution in [0, 0.1) is 13.8 Å². The SMILES string of the molecule is CSCCn1c(=NC(=O)CCSc2ccc(Cl)cc2)sc2cc(C)c(C)cc21. The zero-order chi connectivity index (χ0) is 20.1. The fraction of sp³-hybridized carbons (Fsp3) is 0.333. The van der Waals surface area contributed by atoms with Gasteiger partial charge in [-0.3, -0.25) is 4.79 Å². The monoisotopic (exact) mass is 450 g/mol. The van der Waals surface area contributed by atoms with Crippen molar-refractivity contribution in [2.75, 3.05) is 17.8 Å². The van der Waals surface area contributed by atoms with Gasteiger partial charge in [-0.25, -0.2) is 0 Å². The van der Waals surface area contributed by atoms with Gasteiger partial charge >= 0.3 is 0 Å². The van der Waals surface area contributed by atoms with E-state index in [-0.39, 0.29) is 5.91 Å². The number of nitrogens with zero attached hydrogens (tertiary/aromatic N) is 2. The van der Waals surface area contributed by atoms with E-state index in [0.717, 1.165) is 27.0 Å². The lowest BCUT2D eigenvalue weighted by Gasteiger charge is -2.06. The number of halogens is 1. The average molecular weight is 451 g/mol. The first-order valence-corrected chi connectivity index (χ1v) is 12.6. The lowest BCUT2D eigenvalue weighted by molar-refractivity contribution is -0.117. The Morgan fingerprint density at radius 3 is 2.57 bits per heavy atom. The average Bonchev–Trinajstić information content (AvgIpc) is 2.98. The number of thiazole rings is 1. The molecule has 0 bridgehead atoms. The van der Waals surface area contributed by atoms with Crippen molar-refractivity contribution in [3.63, 3.8) is 0 Å². The van der Waals surface area contributed by atoms with E-state index in [4.69, 9.17) is 11.6 Å². The summed E-state index contributed by atoms with van der Waals surface area (Å²) in [6.07, 6.45) is 2.52. The first kappa shape index (κ1) is 21.5. The van der Waals surface area contributed by atoms with Gasteiger partial charge in [-0.05, 0) is 67.6 Å². The number of carbonyl (C=O) groups is 1. The van der Waals surface area contributed by atoms with Gasteiger partial charge in [-0.1, -0.05) is 22.9 Å². The van der Waals surface area contributed by atoms with Crippen LogP contribution >= 0.6 is 46.5 Å². The molecule has 28 heavy (non-hydrogen) atoms. The predicted octanol–water partition coefficient (Wildman–Crippen LogP) is 5.95. The lowest BCUT2D eigenvalue weighted by Crippen LogP contribution is -2.18. The molecule has 3 nitrogen and oxygen atoms in total. The molecule has 3 rings (SSSR count). The van der Waals surface area contributed by atoms with Gasteiger partial charge in [0.2, 0.25) is 5.91 Å². The number of aryl methyl sites for hydroxylation is 3. The van der Waals surface area contributed by atoms with Gasteiger partial charge < -0.3 is 4.57 Å². The standard InChI is InChI=1S/C21H23ClN2OS3/c1-14-12-18-19(13-15(14)2)28-21(24(18)9-11-26-3)23-20(25)8-10-27-17-6-4-16(22)5-7-17/h4-7,12-13H,8-11H2,1-3H3. The van der Waals surface area contributed by atoms with E-state index >= 15 is 0 Å². The molecule has 0 spiro atoms. The van der Waals surface area contributed by atoms with E-state index < -0.39 is 0 Å². The molecular formula is C21H23ClN2OS3. The van der Waals surface area contributed by atoms with Crippen molar-refractivity contribution in [2.24, 2.45) is 4.99 Å². The van der Waals surface area contributed by atoms with E-state index in [1.807, 2.05) is 24.3 Å². The Morgan fingerprint density at radius 1 is 1.14 bits per heavy atom. The van der Waals surface area contributed by atoms with Crippen molar-refractivity contribution >= 4 is 62.6 Å². The van der Waals surface area contributed by atoms with E-state index in [0.29, 0.717) is 12.2 Å². The zero-order valence-corrected chi connectivity index (χ0v) is 19.4. The number of thioether (sulfide) groups is 2. The van der Waals surface area contributed by atoms with E-state index in [9.17, 15) is 4.79 Å². The van der Waals surface area contributed by atoms with Gasteiger partial charge in [0, 0.05) is 34.4 Å². The first-order chi connectivity index (χ1) is 13.5. The smallest absolute Gasteiger partial charge is 0.249 e. The minimum absolute atomic E-state index is 0.0700. The Bertz CT molecular complexity index is 1040. The Balaban J connectivity index is 1.79. The van der Waals surface area contributed by atoms with Crippen LogP contribution in [0.2, 0.25) is 5.02 Å². The van der Waals surface area contributed by atoms with Crippen molar-refractivity contribution in [1.82, 2.24) is 4.57 Å². The van der Waals surface area contributed by atoms with Crippen LogP contribution < -0.4 is 4.80 Å². The number of fused-ring (bicyclic) bond motifs is 1. The normalized spacial score (nSPS) is 12.1. The van der Waals surface area contributed by atoms with E-state index in [1.165, 1.54) is 21.3 Å². The Kier molecular flexibility index (Phi) is 7.69. The second-order valence-electron chi connectivity index (χ2n) is 6.49. The van der Waals surface area contributed by atoms with Crippen molar-refractivity contribution in [3.8, 4) is 0 Å². The molecule has 0 atom stereocenters. The lowest BCUT2D eigenvalue weighted by atomic mass is 10.1. The van der Waals surface area contributed by atoms with Crippen LogP contribution in [-0.4, -0.2) is 28.2 Å². The summed E-state index contributed by atoms with van der Waals surface area (Å²) >= 11 is 11.0. The summed E-state index contributed by atoms with van der Waals surface area (Å²) in [5, 5.41) is 0.723. The molecule has 0 aliphatic rings. The third-order valence-corrected chi connectivity index (χ3v) is 7.33. The Hall–Kier alpha value is -1.21. The van der Waals surface area contributed by atoms with E-state index in [2.05, 4.69) is 41.8 Å². The maximum absolute atomic E-state index is 12.5. The van der Waals surface area contributed by atoms with Crippen LogP contribution in [0.4, 0.5) is 0 Å². The molecule has 0 aliphatic heterocycles. The van der Waals surface area contributed by atoms with Crippen LogP contribution in [0.15, 0.2) is 46.3 Å². The highest BCUT2D eigenvalue weighted by Gasteiger charge is 2.10. The number of rotatable bonds is 7. The van der Waals surface area contributed by atoms with Gasteiger partial charge in [0.1, 0.15) is 0 Å². The molecule has 0 unspecified atom stereocenters. The molecule has 0 fully saturated rings. The summed E-state index contributed by atoms with van der Waals surface area (Å²) in [7, 11) is 0. The Labute approximate surface area is 183 Å². The molecule has 1 aromatic heterocycles. The molecule has 1 heterocycles. The summed E-state index contributed by atoms with van der Waals surface area (Å²) < 4.78 is 3.37. The van der Waals surface area contributed by atoms with Gasteiger partial charge in [0.15, 0.2) is 4.80 Å². The van der Waals surface area contributed by atoms with Gasteiger partial charge in [-0.15, -0.1) is 11.8 Å². The van der Waals surface area contributed by atoms with Crippen LogP contribution in [0.25, 0.3) is 10.2 Å². The molecule has 0 N–H and O–H groups in total. The third kappa shape index (κ3) is 5.44. The van der Waals surface area contributed by atoms with Crippen molar-refractivity contribution in [2.45, 2.75) is 31.7 Å². The fourth-order valence-corrected chi connectivity index (χ4v) is 5.24. The first-order valence-electron chi connectivity index (χ1n) is 9.03. The number of hydrogen-bond donors (Lipinski definition) is 0. The van der Waals surface area contributed by atoms with Crippen LogP contribution in [0.1, 0.15) is 17.5 Å². The van der Waals surface area contributed by atoms with Gasteiger partial charge in [0.25, 0.3) is 0 Å². The fourth-order valence-electron chi connectivity index (χ4n) is 2.76. The molecule has 0 aliphatic carbocycles. The maximum atomic E-state index is 12.5. The maximum Gasteiger partial charge on any atom is 0.249 e. The van der Waals surface area contributed by atoms with Gasteiger partial charge in [0.05, 0.1) is 10.2 Å². The largest absolute Gasteiger partial charge is 0.316 e. The topological polar surface area (TPSA) is 34.4 Å². The van der Waals surface area contributed by atoms with Crippen LogP contribution in [0.3, 0.4) is 0 Å². The quantitative estimate of drug-likeness (QED) is 0.417. The molecule has 7 heteroatoms. The number of aromatic nitrogens is 1. The summed E-state index contributed by atoms with van der Waals surface area (Å²) in [6, 6.07) is 12.1. The number of amides is 1. The zero-order valence-electron chi connectivity index (χ0n) is 16.2. The summed E-state index contributed by atoms with van der Waals surface area (Å²) in [4.78, 5) is 18.8. The number of benzene rings is 2. The van der Waals surface area contributed by atoms with Crippen molar-refractivity contribution in [1.29, 1.82) is 0 Å². The Morgan fingerprint density at radius 2 is 1.86 bits per heavy atom. The number of carbonyl (C=O) groups excluding carboxylic acids is 1. The van der Waals surface area contributed by atoms with Gasteiger partial charge in [-0.2, -0.15) is 16.8 Å². The molecule has 148 valence electrons. The summed E-state index contributed by atoms with van der Waals surface area (Å²) in [5.74, 6) is 1.63. The van der Waals surface area contributed by atoms with Crippen molar-refractivity contribution < 1.29 is 4.79 Å². The van der Waals surface area contributed by atoms with Crippen LogP contribution in [-0.2, 0) is 11.3 Å². The van der Waals surface area contributed by atoms with Crippen molar-refractivity contribution in [3.05, 3.63) is 57.3 Å². The molecule has 2 aromatic carbocycles. The highest BCUT2D eigenvalue weighted by atomic mass is 35.5. The second-order valence-corrected chi connectivity index (χ2v) is 10.1. The summed E-state index contributed by atoms with van der Waals surface area (Å²) in [5.41, 5.74) is 3.70. The molecule has 0 radical (unpaired) electrons. The number of hydrogen-bond acceptors (Lipinski definition) is 4. The molecular weight excluding hydrogens is 428 g/mol. The van der Waals surface area contributed by atoms with Crippen LogP contribution in [0.5, 0.6) is 0 Å². The minimum Gasteiger partial charge on any atom is -0.316 e. The summed E-state index contributed by atoms with van der Waals surface area (Å²) in [6.45, 7) is 5.10. The highest BCUT2D eigenvalue weighted by molar-refractivity contribution is 7.99. The third-order valence-electron chi connectivity index (χ3n) is 4.44. The second kappa shape index (κ2) is 10.0. The van der Waals surface area contributed by atoms with E-state index in [1.54, 1.807) is 34.9 Å². The highest BCUT2D eigenvalue weighted by Crippen LogP contribution is 2.23. The molecule has 0 saturated heterocycles. The predicted molar refractivity (Wildman–Crippen MR) is 125 cm³/mol. The molecule has 1 amide bonds.